The number of nitrogens with one attached hydrogen (secondary N) is 1. The summed E-state index contributed by atoms with van der Waals surface area (Å²) in [5.74, 6) is 0.609. The molecular weight excluding hydrogens is 366 g/mol. The first-order chi connectivity index (χ1) is 12.8. The van der Waals surface area contributed by atoms with Crippen molar-refractivity contribution >= 4 is 27.3 Å². The molecule has 8 heteroatoms. The molecule has 0 saturated heterocycles. The van der Waals surface area contributed by atoms with Crippen molar-refractivity contribution in [2.24, 2.45) is 5.14 Å². The van der Waals surface area contributed by atoms with Gasteiger partial charge < -0.3 is 15.0 Å². The summed E-state index contributed by atoms with van der Waals surface area (Å²) >= 11 is 0. The van der Waals surface area contributed by atoms with E-state index in [1.54, 1.807) is 24.3 Å². The lowest BCUT2D eigenvalue weighted by Crippen LogP contribution is -2.37. The number of benzene rings is 2. The van der Waals surface area contributed by atoms with Gasteiger partial charge in [0.15, 0.2) is 0 Å². The maximum Gasteiger partial charge on any atom is 0.243 e. The van der Waals surface area contributed by atoms with Crippen molar-refractivity contribution in [3.63, 3.8) is 0 Å². The molecule has 0 bridgehead atoms. The Morgan fingerprint density at radius 1 is 1.26 bits per heavy atom. The summed E-state index contributed by atoms with van der Waals surface area (Å²) in [4.78, 5) is 14.5. The standard InChI is InChI=1S/C19H23N3O4S/c1-3-26-16-6-4-15(5-7-16)21-19(23)12-22-13(2)10-14-11-17(27(20,24)25)8-9-18(14)22/h4-9,11,13H,3,10,12H2,1-2H3,(H,21,23)(H2,20,24,25)/t13-/m1/s1. The second-order valence-corrected chi connectivity index (χ2v) is 8.08. The van der Waals surface area contributed by atoms with Crippen molar-refractivity contribution in [1.82, 2.24) is 0 Å². The minimum absolute atomic E-state index is 0.0850. The first kappa shape index (κ1) is 19.2. The average Bonchev–Trinajstić information content (AvgIpc) is 2.91. The molecule has 2 aromatic rings. The highest BCUT2D eigenvalue weighted by atomic mass is 32.2. The number of carbonyl (C=O) groups is 1. The van der Waals surface area contributed by atoms with Crippen LogP contribution in [0.2, 0.25) is 0 Å². The van der Waals surface area contributed by atoms with Crippen molar-refractivity contribution in [2.45, 2.75) is 31.2 Å². The minimum Gasteiger partial charge on any atom is -0.494 e. The molecule has 2 aromatic carbocycles. The molecule has 1 heterocycles. The molecule has 1 atom stereocenters. The predicted molar refractivity (Wildman–Crippen MR) is 105 cm³/mol. The Labute approximate surface area is 159 Å². The number of anilines is 2. The van der Waals surface area contributed by atoms with Gasteiger partial charge in [-0.25, -0.2) is 13.6 Å². The molecule has 0 aliphatic carbocycles. The van der Waals surface area contributed by atoms with E-state index in [0.29, 0.717) is 18.7 Å². The molecule has 27 heavy (non-hydrogen) atoms. The topological polar surface area (TPSA) is 102 Å². The molecule has 0 fully saturated rings. The van der Waals surface area contributed by atoms with Crippen molar-refractivity contribution in [1.29, 1.82) is 0 Å². The summed E-state index contributed by atoms with van der Waals surface area (Å²) in [5.41, 5.74) is 2.43. The van der Waals surface area contributed by atoms with E-state index in [4.69, 9.17) is 9.88 Å². The number of ether oxygens (including phenoxy) is 1. The molecule has 3 rings (SSSR count). The van der Waals surface area contributed by atoms with Gasteiger partial charge in [0.2, 0.25) is 15.9 Å². The monoisotopic (exact) mass is 389 g/mol. The summed E-state index contributed by atoms with van der Waals surface area (Å²) in [6.45, 7) is 4.68. The van der Waals surface area contributed by atoms with Gasteiger partial charge in [-0.2, -0.15) is 0 Å². The Morgan fingerprint density at radius 2 is 1.96 bits per heavy atom. The number of nitrogens with zero attached hydrogens (tertiary/aromatic N) is 1. The van der Waals surface area contributed by atoms with Crippen LogP contribution in [-0.2, 0) is 21.2 Å². The maximum atomic E-state index is 12.5. The van der Waals surface area contributed by atoms with Crippen LogP contribution in [-0.4, -0.2) is 33.5 Å². The molecule has 1 amide bonds. The van der Waals surface area contributed by atoms with Gasteiger partial charge in [0.05, 0.1) is 18.0 Å². The molecule has 144 valence electrons. The van der Waals surface area contributed by atoms with E-state index in [1.807, 2.05) is 30.9 Å². The van der Waals surface area contributed by atoms with E-state index in [0.717, 1.165) is 17.0 Å². The fourth-order valence-electron chi connectivity index (χ4n) is 3.25. The Balaban J connectivity index is 1.70. The summed E-state index contributed by atoms with van der Waals surface area (Å²) in [7, 11) is -3.74. The number of fused-ring (bicyclic) bond motifs is 1. The number of nitrogens with two attached hydrogens (primary N) is 1. The summed E-state index contributed by atoms with van der Waals surface area (Å²) in [6.07, 6.45) is 0.662. The number of hydrogen-bond donors (Lipinski definition) is 2. The van der Waals surface area contributed by atoms with Gasteiger partial charge in [0.25, 0.3) is 0 Å². The lowest BCUT2D eigenvalue weighted by molar-refractivity contribution is -0.115. The quantitative estimate of drug-likeness (QED) is 0.788. The van der Waals surface area contributed by atoms with Crippen LogP contribution < -0.4 is 20.1 Å². The molecule has 0 saturated carbocycles. The van der Waals surface area contributed by atoms with Gasteiger partial charge in [-0.3, -0.25) is 4.79 Å². The molecule has 0 spiro atoms. The number of amides is 1. The Kier molecular flexibility index (Phi) is 5.38. The second-order valence-electron chi connectivity index (χ2n) is 6.52. The van der Waals surface area contributed by atoms with E-state index in [-0.39, 0.29) is 23.4 Å². The van der Waals surface area contributed by atoms with Gasteiger partial charge in [0, 0.05) is 17.4 Å². The Morgan fingerprint density at radius 3 is 2.59 bits per heavy atom. The van der Waals surface area contributed by atoms with Crippen molar-refractivity contribution in [3.05, 3.63) is 48.0 Å². The van der Waals surface area contributed by atoms with Crippen LogP contribution in [0.5, 0.6) is 5.75 Å². The third kappa shape index (κ3) is 4.40. The van der Waals surface area contributed by atoms with Crippen LogP contribution in [0.3, 0.4) is 0 Å². The zero-order valence-electron chi connectivity index (χ0n) is 15.3. The van der Waals surface area contributed by atoms with Crippen molar-refractivity contribution < 1.29 is 17.9 Å². The number of hydrogen-bond acceptors (Lipinski definition) is 5. The SMILES string of the molecule is CCOc1ccc(NC(=O)CN2c3ccc(S(N)(=O)=O)cc3C[C@H]2C)cc1. The highest BCUT2D eigenvalue weighted by Crippen LogP contribution is 2.33. The highest BCUT2D eigenvalue weighted by molar-refractivity contribution is 7.89. The van der Waals surface area contributed by atoms with Crippen LogP contribution in [0.1, 0.15) is 19.4 Å². The zero-order chi connectivity index (χ0) is 19.6. The van der Waals surface area contributed by atoms with Gasteiger partial charge >= 0.3 is 0 Å². The van der Waals surface area contributed by atoms with Gasteiger partial charge in [0.1, 0.15) is 5.75 Å². The largest absolute Gasteiger partial charge is 0.494 e. The predicted octanol–water partition coefficient (Wildman–Crippen LogP) is 2.12. The smallest absolute Gasteiger partial charge is 0.243 e. The molecule has 1 aliphatic heterocycles. The normalized spacial score (nSPS) is 16.1. The fraction of sp³-hybridized carbons (Fsp3) is 0.316. The molecule has 3 N–H and O–H groups in total. The molecule has 7 nitrogen and oxygen atoms in total. The maximum absolute atomic E-state index is 12.5. The van der Waals surface area contributed by atoms with Crippen LogP contribution in [0.25, 0.3) is 0 Å². The number of rotatable bonds is 6. The van der Waals surface area contributed by atoms with Gasteiger partial charge in [-0.05, 0) is 68.3 Å². The van der Waals surface area contributed by atoms with E-state index in [2.05, 4.69) is 5.32 Å². The fourth-order valence-corrected chi connectivity index (χ4v) is 3.81. The van der Waals surface area contributed by atoms with E-state index in [1.165, 1.54) is 6.07 Å². The molecule has 0 unspecified atom stereocenters. The van der Waals surface area contributed by atoms with Crippen molar-refractivity contribution in [2.75, 3.05) is 23.4 Å². The number of carbonyl (C=O) groups excluding carboxylic acids is 1. The van der Waals surface area contributed by atoms with Crippen molar-refractivity contribution in [3.8, 4) is 5.75 Å². The van der Waals surface area contributed by atoms with Crippen LogP contribution in [0.15, 0.2) is 47.4 Å². The zero-order valence-corrected chi connectivity index (χ0v) is 16.1. The van der Waals surface area contributed by atoms with E-state index < -0.39 is 10.0 Å². The Hall–Kier alpha value is -2.58. The highest BCUT2D eigenvalue weighted by Gasteiger charge is 2.28. The summed E-state index contributed by atoms with van der Waals surface area (Å²) in [5, 5.41) is 8.08. The third-order valence-corrected chi connectivity index (χ3v) is 5.41. The molecule has 1 aliphatic rings. The molecular formula is C19H23N3O4S. The molecule has 0 aromatic heterocycles. The lowest BCUT2D eigenvalue weighted by Gasteiger charge is -2.24. The summed E-state index contributed by atoms with van der Waals surface area (Å²) in [6, 6.07) is 12.1. The van der Waals surface area contributed by atoms with Crippen LogP contribution in [0, 0.1) is 0 Å². The number of sulfonamides is 1. The first-order valence-corrected chi connectivity index (χ1v) is 10.3. The second kappa shape index (κ2) is 7.58. The third-order valence-electron chi connectivity index (χ3n) is 4.50. The van der Waals surface area contributed by atoms with Crippen LogP contribution in [0.4, 0.5) is 11.4 Å². The number of primary sulfonamides is 1. The van der Waals surface area contributed by atoms with Gasteiger partial charge in [-0.15, -0.1) is 0 Å². The average molecular weight is 389 g/mol. The molecule has 0 radical (unpaired) electrons. The van der Waals surface area contributed by atoms with E-state index >= 15 is 0 Å². The summed E-state index contributed by atoms with van der Waals surface area (Å²) < 4.78 is 28.5. The lowest BCUT2D eigenvalue weighted by atomic mass is 10.1. The Bertz CT molecular complexity index is 942. The first-order valence-electron chi connectivity index (χ1n) is 8.73. The van der Waals surface area contributed by atoms with Crippen LogP contribution >= 0.6 is 0 Å². The van der Waals surface area contributed by atoms with Gasteiger partial charge in [-0.1, -0.05) is 0 Å². The van der Waals surface area contributed by atoms with E-state index in [9.17, 15) is 13.2 Å². The minimum atomic E-state index is -3.74.